The number of hydrogen-bond acceptors (Lipinski definition) is 4. The van der Waals surface area contributed by atoms with Gasteiger partial charge in [0.2, 0.25) is 0 Å². The van der Waals surface area contributed by atoms with Gasteiger partial charge in [0.15, 0.2) is 5.84 Å². The molecule has 13 rings (SSSR count). The van der Waals surface area contributed by atoms with Gasteiger partial charge in [0, 0.05) is 38.4 Å². The van der Waals surface area contributed by atoms with Crippen LogP contribution in [0.2, 0.25) is 0 Å². The minimum atomic E-state index is -0.372. The zero-order valence-corrected chi connectivity index (χ0v) is 33.5. The van der Waals surface area contributed by atoms with Crippen LogP contribution in [0, 0.1) is 0 Å². The van der Waals surface area contributed by atoms with Crippen molar-refractivity contribution in [3.63, 3.8) is 0 Å². The van der Waals surface area contributed by atoms with Crippen molar-refractivity contribution in [1.29, 1.82) is 0 Å². The van der Waals surface area contributed by atoms with Gasteiger partial charge in [0.25, 0.3) is 0 Å². The summed E-state index contributed by atoms with van der Waals surface area (Å²) in [6.45, 7) is 0. The molecule has 0 saturated heterocycles. The predicted molar refractivity (Wildman–Crippen MR) is 258 cm³/mol. The zero-order chi connectivity index (χ0) is 40.7. The number of para-hydroxylation sites is 1. The number of aromatic nitrogens is 1. The molecular weight excluding hydrogens is 757 g/mol. The number of nitrogens with zero attached hydrogens (tertiary/aromatic N) is 3. The van der Waals surface area contributed by atoms with Crippen molar-refractivity contribution < 1.29 is 4.42 Å². The van der Waals surface area contributed by atoms with Gasteiger partial charge in [-0.05, 0) is 110 Å². The van der Waals surface area contributed by atoms with Gasteiger partial charge in [0.1, 0.15) is 23.2 Å². The van der Waals surface area contributed by atoms with Crippen molar-refractivity contribution in [3.8, 4) is 16.8 Å². The number of hydrogen-bond donors (Lipinski definition) is 1. The molecule has 62 heavy (non-hydrogen) atoms. The molecule has 1 N–H and O–H groups in total. The second-order valence-corrected chi connectivity index (χ2v) is 16.2. The van der Waals surface area contributed by atoms with Crippen LogP contribution in [0.3, 0.4) is 0 Å². The molecule has 12 aromatic rings. The summed E-state index contributed by atoms with van der Waals surface area (Å²) in [5, 5.41) is 15.4. The maximum atomic E-state index is 6.61. The first-order valence-electron chi connectivity index (χ1n) is 21.1. The van der Waals surface area contributed by atoms with Crippen LogP contribution >= 0.6 is 0 Å². The van der Waals surface area contributed by atoms with Crippen molar-refractivity contribution in [2.45, 2.75) is 6.17 Å². The minimum absolute atomic E-state index is 0.372. The van der Waals surface area contributed by atoms with E-state index in [2.05, 4.69) is 216 Å². The Bertz CT molecular complexity index is 3850. The van der Waals surface area contributed by atoms with Gasteiger partial charge in [0.05, 0.1) is 11.0 Å². The fraction of sp³-hybridized carbons (Fsp3) is 0.0175. The lowest BCUT2D eigenvalue weighted by Crippen LogP contribution is -2.33. The van der Waals surface area contributed by atoms with Gasteiger partial charge in [-0.15, -0.1) is 0 Å². The molecule has 290 valence electrons. The van der Waals surface area contributed by atoms with Gasteiger partial charge >= 0.3 is 0 Å². The van der Waals surface area contributed by atoms with E-state index in [9.17, 15) is 0 Å². The third-order valence-corrected chi connectivity index (χ3v) is 12.6. The van der Waals surface area contributed by atoms with E-state index in [1.54, 1.807) is 0 Å². The van der Waals surface area contributed by atoms with Crippen LogP contribution < -0.4 is 5.32 Å². The SMILES string of the molecule is c1ccc(-c2cccc(C3N=C(c4ccc5oc6ccc7ccc(-n8c9ccccc9c9cc%10ccccc%10cc98)cc7c6c5c4)N=C(c4cccc5ccccc45)N3)c2)cc1. The molecule has 0 radical (unpaired) electrons. The molecule has 10 aromatic carbocycles. The number of benzene rings is 10. The molecule has 0 bridgehead atoms. The van der Waals surface area contributed by atoms with Crippen molar-refractivity contribution in [2.75, 3.05) is 0 Å². The minimum Gasteiger partial charge on any atom is -0.456 e. The maximum Gasteiger partial charge on any atom is 0.159 e. The fourth-order valence-corrected chi connectivity index (χ4v) is 9.63. The molecule has 0 fully saturated rings. The Morgan fingerprint density at radius 3 is 2.05 bits per heavy atom. The van der Waals surface area contributed by atoms with Crippen LogP contribution in [0.15, 0.2) is 221 Å². The second kappa shape index (κ2) is 13.6. The van der Waals surface area contributed by atoms with Crippen LogP contribution in [-0.2, 0) is 0 Å². The Hall–Kier alpha value is -8.28. The van der Waals surface area contributed by atoms with Crippen molar-refractivity contribution >= 4 is 87.7 Å². The largest absolute Gasteiger partial charge is 0.456 e. The van der Waals surface area contributed by atoms with E-state index < -0.39 is 0 Å². The van der Waals surface area contributed by atoms with E-state index in [0.717, 1.165) is 82.8 Å². The molecule has 1 aliphatic heterocycles. The highest BCUT2D eigenvalue weighted by atomic mass is 16.3. The highest BCUT2D eigenvalue weighted by molar-refractivity contribution is 6.22. The van der Waals surface area contributed by atoms with Crippen molar-refractivity contribution in [3.05, 3.63) is 223 Å². The molecule has 5 heteroatoms. The van der Waals surface area contributed by atoms with Gasteiger partial charge in [-0.1, -0.05) is 146 Å². The average Bonchev–Trinajstić information content (AvgIpc) is 3.88. The molecule has 0 aliphatic carbocycles. The molecule has 1 unspecified atom stereocenters. The van der Waals surface area contributed by atoms with Crippen molar-refractivity contribution in [2.24, 2.45) is 9.98 Å². The van der Waals surface area contributed by atoms with Crippen LogP contribution in [0.1, 0.15) is 22.9 Å². The maximum absolute atomic E-state index is 6.61. The molecule has 2 aromatic heterocycles. The average molecular weight is 793 g/mol. The molecule has 3 heterocycles. The van der Waals surface area contributed by atoms with Crippen molar-refractivity contribution in [1.82, 2.24) is 9.88 Å². The standard InChI is InChI=1S/C57H36N4O/c1-2-12-35(13-3-1)38-18-10-19-41(30-38)55-58-56(60-57(59-55)46-22-11-17-36-14-6-7-20-44(36)46)42-26-28-52-49(32-42)54-47-34-43(27-24-37(47)25-29-53(54)62-52)61-50-23-9-8-21-45(50)48-31-39-15-4-5-16-40(39)33-51(48)61/h1-34,55H,(H,58,59,60). The quantitative estimate of drug-likeness (QED) is 0.189. The first-order chi connectivity index (χ1) is 30.7. The molecule has 1 atom stereocenters. The van der Waals surface area contributed by atoms with Gasteiger partial charge < -0.3 is 14.3 Å². The molecule has 5 nitrogen and oxygen atoms in total. The summed E-state index contributed by atoms with van der Waals surface area (Å²) in [6.07, 6.45) is -0.372. The highest BCUT2D eigenvalue weighted by Crippen LogP contribution is 2.40. The zero-order valence-electron chi connectivity index (χ0n) is 33.5. The van der Waals surface area contributed by atoms with E-state index in [1.807, 2.05) is 0 Å². The normalized spacial score (nSPS) is 14.3. The van der Waals surface area contributed by atoms with E-state index in [-0.39, 0.29) is 6.17 Å². The van der Waals surface area contributed by atoms with Crippen LogP contribution in [0.25, 0.3) is 92.9 Å². The lowest BCUT2D eigenvalue weighted by molar-refractivity contribution is 0.669. The number of nitrogens with one attached hydrogen (secondary N) is 1. The smallest absolute Gasteiger partial charge is 0.159 e. The third kappa shape index (κ3) is 5.49. The number of amidine groups is 2. The monoisotopic (exact) mass is 792 g/mol. The van der Waals surface area contributed by atoms with Crippen LogP contribution in [0.4, 0.5) is 0 Å². The Balaban J connectivity index is 0.998. The Morgan fingerprint density at radius 1 is 0.435 bits per heavy atom. The first kappa shape index (κ1) is 34.6. The van der Waals surface area contributed by atoms with E-state index in [4.69, 9.17) is 14.4 Å². The number of rotatable bonds is 5. The summed E-state index contributed by atoms with van der Waals surface area (Å²) < 4.78 is 9.02. The van der Waals surface area contributed by atoms with E-state index >= 15 is 0 Å². The highest BCUT2D eigenvalue weighted by Gasteiger charge is 2.24. The second-order valence-electron chi connectivity index (χ2n) is 16.2. The number of furan rings is 1. The van der Waals surface area contributed by atoms with E-state index in [1.165, 1.54) is 32.6 Å². The Morgan fingerprint density at radius 2 is 1.15 bits per heavy atom. The Kier molecular flexibility index (Phi) is 7.60. The lowest BCUT2D eigenvalue weighted by Gasteiger charge is -2.24. The molecule has 1 aliphatic rings. The predicted octanol–water partition coefficient (Wildman–Crippen LogP) is 14.3. The molecule has 0 amide bonds. The summed E-state index contributed by atoms with van der Waals surface area (Å²) in [7, 11) is 0. The van der Waals surface area contributed by atoms with Gasteiger partial charge in [-0.3, -0.25) is 0 Å². The fourth-order valence-electron chi connectivity index (χ4n) is 9.63. The van der Waals surface area contributed by atoms with Gasteiger partial charge in [-0.2, -0.15) is 0 Å². The summed E-state index contributed by atoms with van der Waals surface area (Å²) in [5.41, 5.74) is 10.5. The summed E-state index contributed by atoms with van der Waals surface area (Å²) in [4.78, 5) is 10.7. The summed E-state index contributed by atoms with van der Waals surface area (Å²) in [6, 6.07) is 73.4. The molecule has 0 saturated carbocycles. The lowest BCUT2D eigenvalue weighted by atomic mass is 10.00. The topological polar surface area (TPSA) is 54.8 Å². The first-order valence-corrected chi connectivity index (χ1v) is 21.1. The van der Waals surface area contributed by atoms with Gasteiger partial charge in [-0.25, -0.2) is 9.98 Å². The molecular formula is C57H36N4O. The number of aliphatic imine (C=N–C) groups is 2. The summed E-state index contributed by atoms with van der Waals surface area (Å²) >= 11 is 0. The number of fused-ring (bicyclic) bond motifs is 10. The Labute approximate surface area is 356 Å². The van der Waals surface area contributed by atoms with Crippen LogP contribution in [0.5, 0.6) is 0 Å². The van der Waals surface area contributed by atoms with Crippen LogP contribution in [-0.4, -0.2) is 16.2 Å². The molecule has 0 spiro atoms. The third-order valence-electron chi connectivity index (χ3n) is 12.6. The van der Waals surface area contributed by atoms with E-state index in [0.29, 0.717) is 5.84 Å². The summed E-state index contributed by atoms with van der Waals surface area (Å²) in [5.74, 6) is 1.45.